The van der Waals surface area contributed by atoms with Gasteiger partial charge in [0, 0.05) is 31.4 Å². The Kier molecular flexibility index (Phi) is 4.87. The molecule has 1 aromatic rings. The summed E-state index contributed by atoms with van der Waals surface area (Å²) < 4.78 is 0. The van der Waals surface area contributed by atoms with Gasteiger partial charge < -0.3 is 14.9 Å². The lowest BCUT2D eigenvalue weighted by molar-refractivity contribution is -0.162. The van der Waals surface area contributed by atoms with Crippen LogP contribution in [0.15, 0.2) is 24.3 Å². The quantitative estimate of drug-likeness (QED) is 0.888. The molecule has 4 aliphatic rings. The molecule has 1 aromatic carbocycles. The molecule has 5 rings (SSSR count). The minimum absolute atomic E-state index is 0.0900. The molecule has 3 saturated carbocycles. The highest BCUT2D eigenvalue weighted by Gasteiger charge is 2.51. The van der Waals surface area contributed by atoms with E-state index in [1.807, 2.05) is 4.90 Å². The number of aliphatic carboxylic acids is 1. The Morgan fingerprint density at radius 2 is 1.56 bits per heavy atom. The lowest BCUT2D eigenvalue weighted by Crippen LogP contribution is -2.58. The second-order valence-electron chi connectivity index (χ2n) is 8.73. The number of carboxylic acids is 1. The van der Waals surface area contributed by atoms with E-state index in [1.54, 1.807) is 0 Å². The molecule has 5 heteroatoms. The van der Waals surface area contributed by atoms with Crippen molar-refractivity contribution in [2.75, 3.05) is 24.5 Å². The molecule has 2 bridgehead atoms. The number of rotatable bonds is 3. The number of carbonyl (C=O) groups excluding carboxylic acids is 1. The number of carboxylic acid groups (broad SMARTS) is 1. The zero-order valence-corrected chi connectivity index (χ0v) is 16.3. The highest BCUT2D eigenvalue weighted by Crippen LogP contribution is 2.49. The molecule has 3 atom stereocenters. The van der Waals surface area contributed by atoms with Crippen LogP contribution in [0.2, 0.25) is 0 Å². The minimum atomic E-state index is -0.769. The predicted molar refractivity (Wildman–Crippen MR) is 105 cm³/mol. The molecule has 1 amide bonds. The van der Waals surface area contributed by atoms with Gasteiger partial charge in [-0.2, -0.15) is 0 Å². The summed E-state index contributed by atoms with van der Waals surface area (Å²) in [7, 11) is 0. The van der Waals surface area contributed by atoms with Crippen LogP contribution in [0.1, 0.15) is 38.2 Å². The van der Waals surface area contributed by atoms with Crippen LogP contribution >= 0.6 is 0 Å². The topological polar surface area (TPSA) is 60.9 Å². The maximum atomic E-state index is 13.3. The lowest BCUT2D eigenvalue weighted by atomic mass is 9.58. The van der Waals surface area contributed by atoms with Crippen LogP contribution in [0.25, 0.3) is 0 Å². The summed E-state index contributed by atoms with van der Waals surface area (Å²) in [4.78, 5) is 29.5. The van der Waals surface area contributed by atoms with Crippen LogP contribution in [0, 0.1) is 30.6 Å². The molecule has 5 nitrogen and oxygen atoms in total. The first-order valence-corrected chi connectivity index (χ1v) is 10.3. The van der Waals surface area contributed by atoms with E-state index in [0.717, 1.165) is 32.2 Å². The fourth-order valence-corrected chi connectivity index (χ4v) is 5.65. The molecule has 4 fully saturated rings. The van der Waals surface area contributed by atoms with Crippen molar-refractivity contribution in [3.63, 3.8) is 0 Å². The summed E-state index contributed by atoms with van der Waals surface area (Å²) >= 11 is 0. The molecule has 1 saturated heterocycles. The summed E-state index contributed by atoms with van der Waals surface area (Å²) in [6.45, 7) is 6.39. The second-order valence-corrected chi connectivity index (χ2v) is 8.73. The van der Waals surface area contributed by atoms with Gasteiger partial charge in [0.2, 0.25) is 5.91 Å². The highest BCUT2D eigenvalue weighted by atomic mass is 16.4. The molecular formula is C22H30N2O3. The number of hydrogen-bond donors (Lipinski definition) is 1. The minimum Gasteiger partial charge on any atom is -0.481 e. The van der Waals surface area contributed by atoms with Crippen molar-refractivity contribution in [2.45, 2.75) is 45.6 Å². The van der Waals surface area contributed by atoms with E-state index in [0.29, 0.717) is 13.1 Å². The zero-order chi connectivity index (χ0) is 19.1. The Labute approximate surface area is 161 Å². The lowest BCUT2D eigenvalue weighted by Gasteiger charge is -2.49. The number of piperazine rings is 1. The maximum Gasteiger partial charge on any atom is 0.307 e. The number of aryl methyl sites for hydroxylation is 1. The Bertz CT molecular complexity index is 709. The monoisotopic (exact) mass is 370 g/mol. The number of benzene rings is 1. The molecule has 0 aromatic heterocycles. The van der Waals surface area contributed by atoms with Crippen LogP contribution in [0.3, 0.4) is 0 Å². The summed E-state index contributed by atoms with van der Waals surface area (Å²) in [5.41, 5.74) is 2.44. The first-order chi connectivity index (χ1) is 13.0. The third-order valence-electron chi connectivity index (χ3n) is 7.09. The Hall–Kier alpha value is -2.04. The van der Waals surface area contributed by atoms with Gasteiger partial charge in [0.1, 0.15) is 0 Å². The van der Waals surface area contributed by atoms with E-state index in [-0.39, 0.29) is 29.7 Å². The molecule has 1 heterocycles. The first kappa shape index (κ1) is 18.3. The van der Waals surface area contributed by atoms with Crippen molar-refractivity contribution in [3.8, 4) is 0 Å². The van der Waals surface area contributed by atoms with Gasteiger partial charge in [-0.1, -0.05) is 17.7 Å². The van der Waals surface area contributed by atoms with Gasteiger partial charge in [-0.3, -0.25) is 9.59 Å². The fourth-order valence-electron chi connectivity index (χ4n) is 5.65. The predicted octanol–water partition coefficient (Wildman–Crippen LogP) is 3.17. The molecule has 3 unspecified atom stereocenters. The summed E-state index contributed by atoms with van der Waals surface area (Å²) in [5, 5.41) is 9.76. The standard InChI is InChI=1S/C22H30N2O3/c1-14-3-9-18(10-4-14)24-12-11-23(13-15(24)2)21(25)19-16-5-7-17(8-6-16)20(19)22(26)27/h3-4,9-10,15-17,19-20H,5-8,11-13H2,1-2H3,(H,26,27). The number of anilines is 1. The normalized spacial score (nSPS) is 33.2. The number of fused-ring (bicyclic) bond motifs is 3. The second kappa shape index (κ2) is 7.17. The van der Waals surface area contributed by atoms with E-state index in [2.05, 4.69) is 43.0 Å². The first-order valence-electron chi connectivity index (χ1n) is 10.3. The third kappa shape index (κ3) is 3.32. The smallest absolute Gasteiger partial charge is 0.307 e. The van der Waals surface area contributed by atoms with Crippen LogP contribution in [-0.2, 0) is 9.59 Å². The summed E-state index contributed by atoms with van der Waals surface area (Å²) in [6, 6.07) is 8.76. The van der Waals surface area contributed by atoms with E-state index < -0.39 is 11.9 Å². The SMILES string of the molecule is Cc1ccc(N2CCN(C(=O)C3C4CCC(CC4)C3C(=O)O)CC2C)cc1. The van der Waals surface area contributed by atoms with Crippen LogP contribution in [-0.4, -0.2) is 47.6 Å². The average molecular weight is 370 g/mol. The largest absolute Gasteiger partial charge is 0.481 e. The molecular weight excluding hydrogens is 340 g/mol. The molecule has 27 heavy (non-hydrogen) atoms. The Morgan fingerprint density at radius 3 is 2.11 bits per heavy atom. The van der Waals surface area contributed by atoms with Gasteiger partial charge in [0.05, 0.1) is 11.8 Å². The molecule has 0 radical (unpaired) electrons. The maximum absolute atomic E-state index is 13.3. The molecule has 0 spiro atoms. The fraction of sp³-hybridized carbons (Fsp3) is 0.636. The third-order valence-corrected chi connectivity index (χ3v) is 7.09. The van der Waals surface area contributed by atoms with Gasteiger partial charge in [0.15, 0.2) is 0 Å². The van der Waals surface area contributed by atoms with Gasteiger partial charge in [-0.15, -0.1) is 0 Å². The number of hydrogen-bond acceptors (Lipinski definition) is 3. The van der Waals surface area contributed by atoms with Crippen LogP contribution in [0.5, 0.6) is 0 Å². The van der Waals surface area contributed by atoms with Crippen molar-refractivity contribution in [1.29, 1.82) is 0 Å². The average Bonchev–Trinajstić information content (AvgIpc) is 2.68. The van der Waals surface area contributed by atoms with E-state index in [9.17, 15) is 14.7 Å². The zero-order valence-electron chi connectivity index (χ0n) is 16.3. The molecule has 1 N–H and O–H groups in total. The van der Waals surface area contributed by atoms with E-state index >= 15 is 0 Å². The number of carbonyl (C=O) groups is 2. The van der Waals surface area contributed by atoms with Gasteiger partial charge >= 0.3 is 5.97 Å². The van der Waals surface area contributed by atoms with Crippen molar-refractivity contribution in [1.82, 2.24) is 4.90 Å². The Balaban J connectivity index is 1.47. The number of amides is 1. The number of nitrogens with zero attached hydrogens (tertiary/aromatic N) is 2. The van der Waals surface area contributed by atoms with Gasteiger partial charge in [-0.05, 0) is 63.5 Å². The Morgan fingerprint density at radius 1 is 0.963 bits per heavy atom. The van der Waals surface area contributed by atoms with Crippen molar-refractivity contribution >= 4 is 17.6 Å². The van der Waals surface area contributed by atoms with Crippen LogP contribution in [0.4, 0.5) is 5.69 Å². The molecule has 146 valence electrons. The van der Waals surface area contributed by atoms with E-state index in [4.69, 9.17) is 0 Å². The summed E-state index contributed by atoms with van der Waals surface area (Å²) in [6.07, 6.45) is 3.99. The summed E-state index contributed by atoms with van der Waals surface area (Å²) in [5.74, 6) is -1.02. The molecule has 1 aliphatic heterocycles. The van der Waals surface area contributed by atoms with Gasteiger partial charge in [0.25, 0.3) is 0 Å². The highest BCUT2D eigenvalue weighted by molar-refractivity contribution is 5.86. The van der Waals surface area contributed by atoms with Crippen molar-refractivity contribution in [3.05, 3.63) is 29.8 Å². The van der Waals surface area contributed by atoms with Crippen molar-refractivity contribution < 1.29 is 14.7 Å². The van der Waals surface area contributed by atoms with E-state index in [1.165, 1.54) is 11.3 Å². The van der Waals surface area contributed by atoms with Crippen LogP contribution < -0.4 is 4.90 Å². The molecule has 3 aliphatic carbocycles. The van der Waals surface area contributed by atoms with Crippen molar-refractivity contribution in [2.24, 2.45) is 23.7 Å². The van der Waals surface area contributed by atoms with Gasteiger partial charge in [-0.25, -0.2) is 0 Å².